The van der Waals surface area contributed by atoms with E-state index in [-0.39, 0.29) is 23.9 Å². The monoisotopic (exact) mass is 413 g/mol. The minimum absolute atomic E-state index is 0.00433. The maximum Gasteiger partial charge on any atom is 0.317 e. The number of rotatable bonds is 8. The second-order valence-corrected chi connectivity index (χ2v) is 8.52. The van der Waals surface area contributed by atoms with Gasteiger partial charge in [-0.05, 0) is 31.9 Å². The van der Waals surface area contributed by atoms with Crippen molar-refractivity contribution in [1.29, 1.82) is 0 Å². The number of amides is 3. The first kappa shape index (κ1) is 23.4. The number of aryl methyl sites for hydroxylation is 1. The van der Waals surface area contributed by atoms with Gasteiger partial charge in [-0.2, -0.15) is 5.10 Å². The van der Waals surface area contributed by atoms with E-state index >= 15 is 0 Å². The Balaban J connectivity index is 2.29. The Bertz CT molecular complexity index is 867. The summed E-state index contributed by atoms with van der Waals surface area (Å²) in [4.78, 5) is 26.7. The molecule has 0 bridgehead atoms. The highest BCUT2D eigenvalue weighted by molar-refractivity contribution is 5.94. The van der Waals surface area contributed by atoms with E-state index in [1.807, 2.05) is 44.2 Å². The van der Waals surface area contributed by atoms with Crippen molar-refractivity contribution in [2.45, 2.75) is 59.8 Å². The molecule has 2 N–H and O–H groups in total. The Hall–Kier alpha value is -2.83. The quantitative estimate of drug-likeness (QED) is 0.679. The van der Waals surface area contributed by atoms with Crippen molar-refractivity contribution >= 4 is 17.8 Å². The van der Waals surface area contributed by atoms with Crippen LogP contribution in [-0.2, 0) is 10.2 Å². The van der Waals surface area contributed by atoms with Gasteiger partial charge in [-0.1, -0.05) is 52.3 Å². The fourth-order valence-corrected chi connectivity index (χ4v) is 3.04. The Morgan fingerprint density at radius 2 is 1.87 bits per heavy atom. The van der Waals surface area contributed by atoms with Crippen LogP contribution in [-0.4, -0.2) is 46.3 Å². The molecule has 7 nitrogen and oxygen atoms in total. The number of unbranched alkanes of at least 4 members (excludes halogenated alkanes) is 1. The molecule has 30 heavy (non-hydrogen) atoms. The van der Waals surface area contributed by atoms with Crippen LogP contribution in [0.15, 0.2) is 30.3 Å². The lowest BCUT2D eigenvalue weighted by Gasteiger charge is -2.22. The highest BCUT2D eigenvalue weighted by Crippen LogP contribution is 2.27. The molecule has 0 aliphatic carbocycles. The Kier molecular flexibility index (Phi) is 8.03. The SMILES string of the molecule is CCCCN(CC(=O)Nc1cc(C(C)(C)C)nn1-c1ccccc1C)C(=O)NCC. The third kappa shape index (κ3) is 6.08. The third-order valence-electron chi connectivity index (χ3n) is 4.82. The van der Waals surface area contributed by atoms with Crippen LogP contribution >= 0.6 is 0 Å². The number of benzene rings is 1. The second kappa shape index (κ2) is 10.3. The first-order valence-corrected chi connectivity index (χ1v) is 10.7. The number of anilines is 1. The molecule has 1 aromatic heterocycles. The number of aromatic nitrogens is 2. The van der Waals surface area contributed by atoms with Crippen molar-refractivity contribution in [1.82, 2.24) is 20.0 Å². The molecule has 2 aromatic rings. The van der Waals surface area contributed by atoms with E-state index in [0.717, 1.165) is 29.8 Å². The fourth-order valence-electron chi connectivity index (χ4n) is 3.04. The first-order chi connectivity index (χ1) is 14.2. The molecule has 1 aromatic carbocycles. The Labute approximate surface area is 179 Å². The van der Waals surface area contributed by atoms with Crippen LogP contribution in [0.1, 0.15) is 58.7 Å². The number of nitrogens with zero attached hydrogens (tertiary/aromatic N) is 3. The maximum atomic E-state index is 12.8. The lowest BCUT2D eigenvalue weighted by Crippen LogP contribution is -2.44. The van der Waals surface area contributed by atoms with Gasteiger partial charge < -0.3 is 15.5 Å². The molecule has 0 atom stereocenters. The molecule has 0 unspecified atom stereocenters. The van der Waals surface area contributed by atoms with E-state index in [0.29, 0.717) is 18.9 Å². The summed E-state index contributed by atoms with van der Waals surface area (Å²) in [6, 6.07) is 9.61. The fraction of sp³-hybridized carbons (Fsp3) is 0.522. The van der Waals surface area contributed by atoms with Gasteiger partial charge in [0.15, 0.2) is 0 Å². The van der Waals surface area contributed by atoms with Gasteiger partial charge in [-0.25, -0.2) is 9.48 Å². The van der Waals surface area contributed by atoms with Crippen LogP contribution in [0.4, 0.5) is 10.6 Å². The van der Waals surface area contributed by atoms with Crippen LogP contribution in [0.25, 0.3) is 5.69 Å². The molecule has 0 fully saturated rings. The van der Waals surface area contributed by atoms with Gasteiger partial charge in [0.25, 0.3) is 0 Å². The van der Waals surface area contributed by atoms with E-state index in [4.69, 9.17) is 5.10 Å². The molecular weight excluding hydrogens is 378 g/mol. The van der Waals surface area contributed by atoms with E-state index in [1.165, 1.54) is 0 Å². The average molecular weight is 414 g/mol. The summed E-state index contributed by atoms with van der Waals surface area (Å²) in [6.07, 6.45) is 1.80. The summed E-state index contributed by atoms with van der Waals surface area (Å²) in [6.45, 7) is 13.3. The number of hydrogen-bond acceptors (Lipinski definition) is 3. The van der Waals surface area contributed by atoms with Gasteiger partial charge in [0.05, 0.1) is 11.4 Å². The highest BCUT2D eigenvalue weighted by atomic mass is 16.2. The molecule has 0 aliphatic heterocycles. The molecule has 1 heterocycles. The van der Waals surface area contributed by atoms with Crippen molar-refractivity contribution in [3.05, 3.63) is 41.6 Å². The first-order valence-electron chi connectivity index (χ1n) is 10.7. The summed E-state index contributed by atoms with van der Waals surface area (Å²) >= 11 is 0. The standard InChI is InChI=1S/C23H35N5O2/c1-7-9-14-27(22(30)24-8-2)16-21(29)25-20-15-19(23(4,5)6)26-28(20)18-13-11-10-12-17(18)3/h10-13,15H,7-9,14,16H2,1-6H3,(H,24,30)(H,25,29). The van der Waals surface area contributed by atoms with Crippen molar-refractivity contribution in [2.75, 3.05) is 25.0 Å². The summed E-state index contributed by atoms with van der Waals surface area (Å²) in [5.74, 6) is 0.359. The molecule has 164 valence electrons. The zero-order valence-electron chi connectivity index (χ0n) is 19.1. The minimum Gasteiger partial charge on any atom is -0.338 e. The van der Waals surface area contributed by atoms with Gasteiger partial charge in [-0.3, -0.25) is 4.79 Å². The third-order valence-corrected chi connectivity index (χ3v) is 4.82. The van der Waals surface area contributed by atoms with E-state index < -0.39 is 0 Å². The average Bonchev–Trinajstić information content (AvgIpc) is 3.09. The van der Waals surface area contributed by atoms with Gasteiger partial charge in [0.1, 0.15) is 12.4 Å². The van der Waals surface area contributed by atoms with Crippen molar-refractivity contribution in [3.8, 4) is 5.69 Å². The zero-order chi connectivity index (χ0) is 22.3. The van der Waals surface area contributed by atoms with Crippen LogP contribution < -0.4 is 10.6 Å². The number of carbonyl (C=O) groups excluding carboxylic acids is 2. The number of hydrogen-bond donors (Lipinski definition) is 2. The molecule has 7 heteroatoms. The number of para-hydroxylation sites is 1. The molecule has 0 radical (unpaired) electrons. The predicted octanol–water partition coefficient (Wildman–Crippen LogP) is 4.25. The summed E-state index contributed by atoms with van der Waals surface area (Å²) in [7, 11) is 0. The summed E-state index contributed by atoms with van der Waals surface area (Å²) in [5.41, 5.74) is 2.69. The predicted molar refractivity (Wildman–Crippen MR) is 121 cm³/mol. The smallest absolute Gasteiger partial charge is 0.317 e. The molecule has 2 rings (SSSR count). The number of carbonyl (C=O) groups is 2. The Morgan fingerprint density at radius 3 is 2.47 bits per heavy atom. The molecule has 0 aliphatic rings. The van der Waals surface area contributed by atoms with Crippen LogP contribution in [0, 0.1) is 6.92 Å². The topological polar surface area (TPSA) is 79.3 Å². The van der Waals surface area contributed by atoms with Gasteiger partial charge in [0.2, 0.25) is 5.91 Å². The maximum absolute atomic E-state index is 12.8. The van der Waals surface area contributed by atoms with Gasteiger partial charge in [0, 0.05) is 24.6 Å². The largest absolute Gasteiger partial charge is 0.338 e. The summed E-state index contributed by atoms with van der Waals surface area (Å²) in [5, 5.41) is 10.5. The van der Waals surface area contributed by atoms with Gasteiger partial charge >= 0.3 is 6.03 Å². The number of urea groups is 1. The van der Waals surface area contributed by atoms with Crippen molar-refractivity contribution < 1.29 is 9.59 Å². The van der Waals surface area contributed by atoms with Crippen LogP contribution in [0.5, 0.6) is 0 Å². The normalized spacial score (nSPS) is 11.3. The molecule has 0 spiro atoms. The molecule has 0 saturated heterocycles. The Morgan fingerprint density at radius 1 is 1.17 bits per heavy atom. The molecular formula is C23H35N5O2. The highest BCUT2D eigenvalue weighted by Gasteiger charge is 2.23. The zero-order valence-corrected chi connectivity index (χ0v) is 19.1. The molecule has 0 saturated carbocycles. The lowest BCUT2D eigenvalue weighted by atomic mass is 9.92. The van der Waals surface area contributed by atoms with Gasteiger partial charge in [-0.15, -0.1) is 0 Å². The van der Waals surface area contributed by atoms with Crippen LogP contribution in [0.3, 0.4) is 0 Å². The van der Waals surface area contributed by atoms with E-state index in [9.17, 15) is 9.59 Å². The number of nitrogens with one attached hydrogen (secondary N) is 2. The van der Waals surface area contributed by atoms with Crippen molar-refractivity contribution in [3.63, 3.8) is 0 Å². The van der Waals surface area contributed by atoms with Crippen molar-refractivity contribution in [2.24, 2.45) is 0 Å². The van der Waals surface area contributed by atoms with E-state index in [2.05, 4.69) is 38.3 Å². The minimum atomic E-state index is -0.243. The van der Waals surface area contributed by atoms with Crippen LogP contribution in [0.2, 0.25) is 0 Å². The van der Waals surface area contributed by atoms with E-state index in [1.54, 1.807) is 9.58 Å². The summed E-state index contributed by atoms with van der Waals surface area (Å²) < 4.78 is 1.77. The molecule has 3 amide bonds. The second-order valence-electron chi connectivity index (χ2n) is 8.52. The lowest BCUT2D eigenvalue weighted by molar-refractivity contribution is -0.116.